The zero-order valence-corrected chi connectivity index (χ0v) is 16.2. The summed E-state index contributed by atoms with van der Waals surface area (Å²) in [5.74, 6) is -2.28. The zero-order valence-electron chi connectivity index (χ0n) is 16.2. The molecule has 2 aromatic rings. The fourth-order valence-electron chi connectivity index (χ4n) is 4.40. The van der Waals surface area contributed by atoms with Crippen LogP contribution in [0.4, 0.5) is 20.2 Å². The smallest absolute Gasteiger partial charge is 0.230 e. The molecule has 4 rings (SSSR count). The molecule has 0 unspecified atom stereocenters. The van der Waals surface area contributed by atoms with Crippen LogP contribution in [-0.2, 0) is 16.0 Å². The van der Waals surface area contributed by atoms with Gasteiger partial charge in [-0.2, -0.15) is 0 Å². The van der Waals surface area contributed by atoms with E-state index in [1.54, 1.807) is 0 Å². The van der Waals surface area contributed by atoms with Crippen LogP contribution in [0.25, 0.3) is 0 Å². The summed E-state index contributed by atoms with van der Waals surface area (Å²) < 4.78 is 26.4. The normalized spacial score (nSPS) is 21.4. The Kier molecular flexibility index (Phi) is 5.60. The molecule has 0 aromatic heterocycles. The summed E-state index contributed by atoms with van der Waals surface area (Å²) in [4.78, 5) is 27.5. The number of carbonyl (C=O) groups excluding carboxylic acids is 2. The van der Waals surface area contributed by atoms with Crippen molar-refractivity contribution in [3.63, 3.8) is 0 Å². The predicted molar refractivity (Wildman–Crippen MR) is 108 cm³/mol. The first kappa shape index (κ1) is 19.6. The Hall–Kier alpha value is -2.76. The van der Waals surface area contributed by atoms with Crippen LogP contribution >= 0.6 is 0 Å². The number of hydrogen-bond donors (Lipinski definition) is 1. The van der Waals surface area contributed by atoms with Crippen LogP contribution in [0.3, 0.4) is 0 Å². The van der Waals surface area contributed by atoms with Gasteiger partial charge in [0.25, 0.3) is 0 Å². The third-order valence-corrected chi connectivity index (χ3v) is 6.01. The molecule has 152 valence electrons. The molecule has 2 aromatic carbocycles. The molecule has 2 amide bonds. The van der Waals surface area contributed by atoms with Crippen LogP contribution in [0.15, 0.2) is 42.5 Å². The lowest BCUT2D eigenvalue weighted by molar-refractivity contribution is -0.126. The van der Waals surface area contributed by atoms with Crippen LogP contribution in [0.5, 0.6) is 0 Å². The Balaban J connectivity index is 1.35. The Labute approximate surface area is 168 Å². The minimum atomic E-state index is -0.987. The fourth-order valence-corrected chi connectivity index (χ4v) is 4.40. The summed E-state index contributed by atoms with van der Waals surface area (Å²) in [6, 6.07) is 11.4. The molecule has 1 heterocycles. The third-order valence-electron chi connectivity index (χ3n) is 6.01. The first-order chi connectivity index (χ1) is 14.0. The van der Waals surface area contributed by atoms with Gasteiger partial charge in [-0.25, -0.2) is 8.78 Å². The number of benzene rings is 2. The molecule has 0 radical (unpaired) electrons. The SMILES string of the molecule is O=C(Nc1ccc(F)c(F)c1)C1CCC(C(=O)N2CCCc3ccccc32)CC1. The minimum absolute atomic E-state index is 0.0755. The van der Waals surface area contributed by atoms with Crippen molar-refractivity contribution in [1.29, 1.82) is 0 Å². The largest absolute Gasteiger partial charge is 0.326 e. The molecule has 1 aliphatic carbocycles. The second-order valence-electron chi connectivity index (χ2n) is 7.89. The highest BCUT2D eigenvalue weighted by Crippen LogP contribution is 2.34. The van der Waals surface area contributed by atoms with Crippen molar-refractivity contribution in [2.75, 3.05) is 16.8 Å². The maximum absolute atomic E-state index is 13.3. The summed E-state index contributed by atoms with van der Waals surface area (Å²) >= 11 is 0. The fraction of sp³-hybridized carbons (Fsp3) is 0.391. The number of para-hydroxylation sites is 1. The van der Waals surface area contributed by atoms with E-state index in [4.69, 9.17) is 0 Å². The van der Waals surface area contributed by atoms with Crippen molar-refractivity contribution >= 4 is 23.2 Å². The summed E-state index contributed by atoms with van der Waals surface area (Å²) in [6.07, 6.45) is 4.51. The Morgan fingerprint density at radius 2 is 1.66 bits per heavy atom. The van der Waals surface area contributed by atoms with Gasteiger partial charge in [-0.05, 0) is 62.3 Å². The zero-order chi connectivity index (χ0) is 20.4. The molecule has 1 aliphatic heterocycles. The monoisotopic (exact) mass is 398 g/mol. The average molecular weight is 398 g/mol. The molecule has 4 nitrogen and oxygen atoms in total. The quantitative estimate of drug-likeness (QED) is 0.816. The van der Waals surface area contributed by atoms with Crippen LogP contribution in [0, 0.1) is 23.5 Å². The van der Waals surface area contributed by atoms with E-state index in [2.05, 4.69) is 11.4 Å². The standard InChI is InChI=1S/C23H24F2N2O2/c24-19-12-11-18(14-20(19)25)26-22(28)16-7-9-17(10-8-16)23(29)27-13-3-5-15-4-1-2-6-21(15)27/h1-2,4,6,11-12,14,16-17H,3,5,7-10,13H2,(H,26,28). The van der Waals surface area contributed by atoms with Gasteiger partial charge in [-0.1, -0.05) is 18.2 Å². The average Bonchev–Trinajstić information content (AvgIpc) is 2.75. The van der Waals surface area contributed by atoms with Gasteiger partial charge in [-0.3, -0.25) is 9.59 Å². The number of rotatable bonds is 3. The van der Waals surface area contributed by atoms with Crippen LogP contribution in [-0.4, -0.2) is 18.4 Å². The third kappa shape index (κ3) is 4.16. The highest BCUT2D eigenvalue weighted by atomic mass is 19.2. The molecular weight excluding hydrogens is 374 g/mol. The first-order valence-electron chi connectivity index (χ1n) is 10.2. The van der Waals surface area contributed by atoms with Gasteiger partial charge in [0.2, 0.25) is 11.8 Å². The summed E-state index contributed by atoms with van der Waals surface area (Å²) in [5, 5.41) is 2.66. The molecule has 0 saturated heterocycles. The molecule has 0 bridgehead atoms. The molecule has 0 spiro atoms. The molecular formula is C23H24F2N2O2. The highest BCUT2D eigenvalue weighted by molar-refractivity contribution is 5.97. The van der Waals surface area contributed by atoms with Crippen molar-refractivity contribution in [2.45, 2.75) is 38.5 Å². The van der Waals surface area contributed by atoms with Gasteiger partial charge >= 0.3 is 0 Å². The summed E-state index contributed by atoms with van der Waals surface area (Å²) in [6.45, 7) is 0.742. The summed E-state index contributed by atoms with van der Waals surface area (Å²) in [7, 11) is 0. The first-order valence-corrected chi connectivity index (χ1v) is 10.2. The van der Waals surface area contributed by atoms with E-state index in [1.807, 2.05) is 23.1 Å². The predicted octanol–water partition coefficient (Wildman–Crippen LogP) is 4.69. The molecule has 0 atom stereocenters. The van der Waals surface area contributed by atoms with E-state index in [1.165, 1.54) is 11.6 Å². The Morgan fingerprint density at radius 1 is 0.931 bits per heavy atom. The van der Waals surface area contributed by atoms with E-state index in [0.29, 0.717) is 25.7 Å². The van der Waals surface area contributed by atoms with Gasteiger partial charge in [0.1, 0.15) is 0 Å². The topological polar surface area (TPSA) is 49.4 Å². The van der Waals surface area contributed by atoms with Crippen LogP contribution in [0.2, 0.25) is 0 Å². The van der Waals surface area contributed by atoms with E-state index in [-0.39, 0.29) is 29.3 Å². The summed E-state index contributed by atoms with van der Waals surface area (Å²) in [5.41, 5.74) is 2.48. The number of carbonyl (C=O) groups is 2. The van der Waals surface area contributed by atoms with E-state index in [0.717, 1.165) is 37.2 Å². The van der Waals surface area contributed by atoms with Crippen LogP contribution in [0.1, 0.15) is 37.7 Å². The number of fused-ring (bicyclic) bond motifs is 1. The molecule has 1 N–H and O–H groups in total. The number of amides is 2. The lowest BCUT2D eigenvalue weighted by Crippen LogP contribution is -2.41. The number of nitrogens with zero attached hydrogens (tertiary/aromatic N) is 1. The van der Waals surface area contributed by atoms with E-state index < -0.39 is 11.6 Å². The van der Waals surface area contributed by atoms with E-state index >= 15 is 0 Å². The van der Waals surface area contributed by atoms with Crippen molar-refractivity contribution in [3.8, 4) is 0 Å². The molecule has 29 heavy (non-hydrogen) atoms. The number of hydrogen-bond acceptors (Lipinski definition) is 2. The highest BCUT2D eigenvalue weighted by Gasteiger charge is 2.34. The Bertz CT molecular complexity index is 923. The van der Waals surface area contributed by atoms with Gasteiger partial charge in [-0.15, -0.1) is 0 Å². The lowest BCUT2D eigenvalue weighted by atomic mass is 9.80. The van der Waals surface area contributed by atoms with Crippen LogP contribution < -0.4 is 10.2 Å². The van der Waals surface area contributed by atoms with E-state index in [9.17, 15) is 18.4 Å². The van der Waals surface area contributed by atoms with Crippen molar-refractivity contribution in [1.82, 2.24) is 0 Å². The number of anilines is 2. The van der Waals surface area contributed by atoms with Crippen molar-refractivity contribution in [2.24, 2.45) is 11.8 Å². The molecule has 6 heteroatoms. The second kappa shape index (κ2) is 8.31. The molecule has 1 saturated carbocycles. The number of nitrogens with one attached hydrogen (secondary N) is 1. The minimum Gasteiger partial charge on any atom is -0.326 e. The van der Waals surface area contributed by atoms with Gasteiger partial charge in [0.05, 0.1) is 0 Å². The second-order valence-corrected chi connectivity index (χ2v) is 7.89. The maximum Gasteiger partial charge on any atom is 0.230 e. The van der Waals surface area contributed by atoms with Gasteiger partial charge < -0.3 is 10.2 Å². The molecule has 2 aliphatic rings. The number of halogens is 2. The maximum atomic E-state index is 13.3. The van der Waals surface area contributed by atoms with Gasteiger partial charge in [0, 0.05) is 35.8 Å². The lowest BCUT2D eigenvalue weighted by Gasteiger charge is -2.34. The Morgan fingerprint density at radius 3 is 2.41 bits per heavy atom. The number of aryl methyl sites for hydroxylation is 1. The molecule has 1 fully saturated rings. The van der Waals surface area contributed by atoms with Gasteiger partial charge in [0.15, 0.2) is 11.6 Å². The van der Waals surface area contributed by atoms with Crippen molar-refractivity contribution in [3.05, 3.63) is 59.7 Å². The van der Waals surface area contributed by atoms with Crippen molar-refractivity contribution < 1.29 is 18.4 Å².